The van der Waals surface area contributed by atoms with Crippen molar-refractivity contribution < 1.29 is 14.3 Å². The Morgan fingerprint density at radius 1 is 1.05 bits per heavy atom. The first-order chi connectivity index (χ1) is 19.0. The van der Waals surface area contributed by atoms with Crippen molar-refractivity contribution in [2.75, 3.05) is 6.61 Å². The number of aromatic amines is 1. The molecule has 39 heavy (non-hydrogen) atoms. The average molecular weight is 531 g/mol. The highest BCUT2D eigenvalue weighted by molar-refractivity contribution is 5.80. The summed E-state index contributed by atoms with van der Waals surface area (Å²) in [6, 6.07) is 15.4. The van der Waals surface area contributed by atoms with Crippen molar-refractivity contribution in [3.8, 4) is 28.3 Å². The number of nitrogens with zero attached hydrogens (tertiary/aromatic N) is 5. The van der Waals surface area contributed by atoms with Gasteiger partial charge in [0.15, 0.2) is 11.9 Å². The predicted molar refractivity (Wildman–Crippen MR) is 146 cm³/mol. The maximum absolute atomic E-state index is 13.7. The van der Waals surface area contributed by atoms with Crippen LogP contribution in [-0.4, -0.2) is 42.6 Å². The molecule has 0 fully saturated rings. The van der Waals surface area contributed by atoms with Crippen molar-refractivity contribution in [1.29, 1.82) is 0 Å². The van der Waals surface area contributed by atoms with Gasteiger partial charge in [0.1, 0.15) is 6.61 Å². The Hall–Kier alpha value is -4.21. The minimum absolute atomic E-state index is 0.0893. The first-order valence-corrected chi connectivity index (χ1v) is 13.6. The second-order valence-electron chi connectivity index (χ2n) is 9.85. The number of H-pyrrole nitrogens is 1. The zero-order valence-electron chi connectivity index (χ0n) is 22.6. The smallest absolute Gasteiger partial charge is 0.330 e. The molecule has 0 spiro atoms. The van der Waals surface area contributed by atoms with E-state index < -0.39 is 6.04 Å². The van der Waals surface area contributed by atoms with Crippen molar-refractivity contribution in [2.45, 2.75) is 71.6 Å². The van der Waals surface area contributed by atoms with Crippen LogP contribution < -0.4 is 10.3 Å². The van der Waals surface area contributed by atoms with Crippen molar-refractivity contribution in [3.05, 3.63) is 70.1 Å². The fourth-order valence-corrected chi connectivity index (χ4v) is 5.30. The second-order valence-corrected chi connectivity index (χ2v) is 9.85. The second kappa shape index (κ2) is 11.7. The van der Waals surface area contributed by atoms with E-state index in [4.69, 9.17) is 9.47 Å². The fraction of sp³-hybridized carbons (Fsp3) is 0.414. The van der Waals surface area contributed by atoms with Gasteiger partial charge in [-0.3, -0.25) is 9.48 Å². The lowest BCUT2D eigenvalue weighted by molar-refractivity contribution is -0.149. The SMILES string of the molecule is CCCCc1c(OCc2ccc(-c3ccccc3-c3nnn[nH]3)cc2)c(=O)n2n1C(C)CCC2C(=O)OCC. The number of aromatic nitrogens is 6. The molecule has 1 N–H and O–H groups in total. The molecule has 1 aliphatic rings. The number of benzene rings is 2. The minimum atomic E-state index is -0.634. The van der Waals surface area contributed by atoms with E-state index in [0.717, 1.165) is 47.2 Å². The molecule has 2 aromatic carbocycles. The molecule has 10 nitrogen and oxygen atoms in total. The zero-order valence-corrected chi connectivity index (χ0v) is 22.6. The molecular weight excluding hydrogens is 496 g/mol. The summed E-state index contributed by atoms with van der Waals surface area (Å²) in [5, 5.41) is 14.3. The van der Waals surface area contributed by atoms with Gasteiger partial charge in [-0.05, 0) is 66.6 Å². The summed E-state index contributed by atoms with van der Waals surface area (Å²) in [6.45, 7) is 6.51. The van der Waals surface area contributed by atoms with E-state index in [0.29, 0.717) is 24.4 Å². The summed E-state index contributed by atoms with van der Waals surface area (Å²) in [5.41, 5.74) is 4.45. The topological polar surface area (TPSA) is 117 Å². The predicted octanol–water partition coefficient (Wildman–Crippen LogP) is 4.88. The monoisotopic (exact) mass is 530 g/mol. The third-order valence-corrected chi connectivity index (χ3v) is 7.25. The molecule has 0 radical (unpaired) electrons. The number of esters is 1. The largest absolute Gasteiger partial charge is 0.482 e. The van der Waals surface area contributed by atoms with Crippen molar-refractivity contribution in [2.24, 2.45) is 0 Å². The minimum Gasteiger partial charge on any atom is -0.482 e. The molecule has 0 saturated carbocycles. The van der Waals surface area contributed by atoms with E-state index in [1.165, 1.54) is 0 Å². The van der Waals surface area contributed by atoms with E-state index >= 15 is 0 Å². The fourth-order valence-electron chi connectivity index (χ4n) is 5.30. The van der Waals surface area contributed by atoms with Gasteiger partial charge in [-0.2, -0.15) is 0 Å². The van der Waals surface area contributed by atoms with Crippen LogP contribution in [0.25, 0.3) is 22.5 Å². The van der Waals surface area contributed by atoms with Gasteiger partial charge in [-0.25, -0.2) is 14.6 Å². The molecule has 0 amide bonds. The van der Waals surface area contributed by atoms with E-state index in [2.05, 4.69) is 34.5 Å². The number of rotatable bonds is 10. The van der Waals surface area contributed by atoms with E-state index in [1.807, 2.05) is 53.2 Å². The lowest BCUT2D eigenvalue weighted by Crippen LogP contribution is -2.38. The molecule has 0 saturated heterocycles. The third-order valence-electron chi connectivity index (χ3n) is 7.25. The van der Waals surface area contributed by atoms with Gasteiger partial charge < -0.3 is 9.47 Å². The summed E-state index contributed by atoms with van der Waals surface area (Å²) < 4.78 is 15.1. The Balaban J connectivity index is 1.42. The molecule has 4 aromatic rings. The molecule has 3 heterocycles. The first-order valence-electron chi connectivity index (χ1n) is 13.6. The molecule has 1 aliphatic heterocycles. The lowest BCUT2D eigenvalue weighted by atomic mass is 9.98. The van der Waals surface area contributed by atoms with Crippen LogP contribution in [-0.2, 0) is 22.6 Å². The Labute approximate surface area is 226 Å². The summed E-state index contributed by atoms with van der Waals surface area (Å²) in [6.07, 6.45) is 3.99. The van der Waals surface area contributed by atoms with Crippen LogP contribution in [0.3, 0.4) is 0 Å². The van der Waals surface area contributed by atoms with Gasteiger partial charge in [0.05, 0.1) is 12.3 Å². The molecule has 2 atom stereocenters. The van der Waals surface area contributed by atoms with E-state index in [9.17, 15) is 9.59 Å². The van der Waals surface area contributed by atoms with Gasteiger partial charge in [-0.15, -0.1) is 5.10 Å². The quantitative estimate of drug-likeness (QED) is 0.291. The molecule has 10 heteroatoms. The normalized spacial score (nSPS) is 16.6. The highest BCUT2D eigenvalue weighted by atomic mass is 16.5. The highest BCUT2D eigenvalue weighted by Crippen LogP contribution is 2.34. The number of tetrazole rings is 1. The number of carbonyl (C=O) groups is 1. The Morgan fingerprint density at radius 2 is 1.82 bits per heavy atom. The van der Waals surface area contributed by atoms with Crippen LogP contribution in [0.15, 0.2) is 53.3 Å². The number of hydrogen-bond acceptors (Lipinski definition) is 7. The van der Waals surface area contributed by atoms with Crippen molar-refractivity contribution in [3.63, 3.8) is 0 Å². The van der Waals surface area contributed by atoms with Gasteiger partial charge in [0.25, 0.3) is 0 Å². The summed E-state index contributed by atoms with van der Waals surface area (Å²) in [7, 11) is 0. The zero-order chi connectivity index (χ0) is 27.4. The molecule has 5 rings (SSSR count). The van der Waals surface area contributed by atoms with Crippen LogP contribution in [0, 0.1) is 0 Å². The molecule has 0 aliphatic carbocycles. The summed E-state index contributed by atoms with van der Waals surface area (Å²) >= 11 is 0. The van der Waals surface area contributed by atoms with Crippen LogP contribution in [0.4, 0.5) is 0 Å². The molecule has 0 bridgehead atoms. The Bertz CT molecular complexity index is 1470. The summed E-state index contributed by atoms with van der Waals surface area (Å²) in [5.74, 6) is 0.570. The number of hydrogen-bond donors (Lipinski definition) is 1. The number of carbonyl (C=O) groups excluding carboxylic acids is 1. The third kappa shape index (κ3) is 5.23. The number of nitrogens with one attached hydrogen (secondary N) is 1. The average Bonchev–Trinajstić information content (AvgIpc) is 3.59. The number of unbranched alkanes of at least 4 members (excludes halogenated alkanes) is 1. The standard InChI is InChI=1S/C29H34N6O4/c1-4-6-11-24-26(28(36)35-25(29(37)38-5-2)17-12-19(3)34(24)35)39-18-20-13-15-21(16-14-20)22-9-7-8-10-23(22)27-30-32-33-31-27/h7-10,13-16,19,25H,4-6,11-12,17-18H2,1-3H3,(H,30,31,32,33). The molecular formula is C29H34N6O4. The van der Waals surface area contributed by atoms with Gasteiger partial charge >= 0.3 is 11.5 Å². The molecule has 2 unspecified atom stereocenters. The van der Waals surface area contributed by atoms with Crippen molar-refractivity contribution in [1.82, 2.24) is 30.0 Å². The van der Waals surface area contributed by atoms with Crippen LogP contribution in [0.2, 0.25) is 0 Å². The Kier molecular flexibility index (Phi) is 7.90. The van der Waals surface area contributed by atoms with Gasteiger partial charge in [0, 0.05) is 11.6 Å². The highest BCUT2D eigenvalue weighted by Gasteiger charge is 2.36. The Morgan fingerprint density at radius 3 is 2.51 bits per heavy atom. The van der Waals surface area contributed by atoms with Crippen LogP contribution in [0.5, 0.6) is 5.75 Å². The van der Waals surface area contributed by atoms with Crippen molar-refractivity contribution >= 4 is 5.97 Å². The van der Waals surface area contributed by atoms with E-state index in [-0.39, 0.29) is 30.8 Å². The van der Waals surface area contributed by atoms with Crippen LogP contribution in [0.1, 0.15) is 69.8 Å². The number of ether oxygens (including phenoxy) is 2. The van der Waals surface area contributed by atoms with Gasteiger partial charge in [0.2, 0.25) is 5.75 Å². The first kappa shape index (κ1) is 26.4. The lowest BCUT2D eigenvalue weighted by Gasteiger charge is -2.31. The number of fused-ring (bicyclic) bond motifs is 1. The van der Waals surface area contributed by atoms with Gasteiger partial charge in [-0.1, -0.05) is 61.9 Å². The summed E-state index contributed by atoms with van der Waals surface area (Å²) in [4.78, 5) is 26.4. The van der Waals surface area contributed by atoms with Crippen LogP contribution >= 0.6 is 0 Å². The molecule has 204 valence electrons. The molecule has 2 aromatic heterocycles. The maximum Gasteiger partial charge on any atom is 0.330 e. The van der Waals surface area contributed by atoms with E-state index in [1.54, 1.807) is 11.6 Å². The maximum atomic E-state index is 13.7.